The summed E-state index contributed by atoms with van der Waals surface area (Å²) in [6.07, 6.45) is 2.88. The van der Waals surface area contributed by atoms with Gasteiger partial charge in [0.05, 0.1) is 11.3 Å². The molecular weight excluding hydrogens is 518 g/mol. The number of cyclic esters (lactones) is 1. The first-order chi connectivity index (χ1) is 15.5. The number of esters is 2. The summed E-state index contributed by atoms with van der Waals surface area (Å²) in [5.41, 5.74) is 0.548. The van der Waals surface area contributed by atoms with E-state index in [0.717, 1.165) is 14.6 Å². The Labute approximate surface area is 198 Å². The van der Waals surface area contributed by atoms with Gasteiger partial charge in [-0.15, -0.1) is 11.3 Å². The monoisotopic (exact) mass is 527 g/mol. The Hall–Kier alpha value is -3.20. The van der Waals surface area contributed by atoms with E-state index in [1.165, 1.54) is 29.7 Å². The summed E-state index contributed by atoms with van der Waals surface area (Å²) < 4.78 is 17.7. The lowest BCUT2D eigenvalue weighted by molar-refractivity contribution is -0.129. The predicted molar refractivity (Wildman–Crippen MR) is 125 cm³/mol. The standard InChI is InChI=1S/C23H11BrClNO5S/c24-13-7-8-14-18(11-13)32-20(19(14)25)21-26-15(22(27)31-21)10-12-4-1-2-5-16(12)30-23(28)17-6-3-9-29-17/h1-11H/b15-10+. The molecule has 5 rings (SSSR count). The number of aliphatic imine (C=N–C) groups is 1. The first kappa shape index (κ1) is 20.7. The molecule has 0 radical (unpaired) electrons. The average Bonchev–Trinajstić information content (AvgIpc) is 3.50. The van der Waals surface area contributed by atoms with Crippen molar-refractivity contribution in [3.8, 4) is 5.75 Å². The van der Waals surface area contributed by atoms with Crippen LogP contribution in [0, 0.1) is 0 Å². The summed E-state index contributed by atoms with van der Waals surface area (Å²) in [6.45, 7) is 0. The molecule has 6 nitrogen and oxygen atoms in total. The summed E-state index contributed by atoms with van der Waals surface area (Å²) >= 11 is 11.3. The number of benzene rings is 2. The van der Waals surface area contributed by atoms with Crippen molar-refractivity contribution in [1.82, 2.24) is 0 Å². The number of carbonyl (C=O) groups is 2. The Bertz CT molecular complexity index is 1440. The fraction of sp³-hybridized carbons (Fsp3) is 0. The van der Waals surface area contributed by atoms with Gasteiger partial charge >= 0.3 is 11.9 Å². The van der Waals surface area contributed by atoms with E-state index in [4.69, 9.17) is 25.5 Å². The Kier molecular flexibility index (Phi) is 5.42. The van der Waals surface area contributed by atoms with Crippen LogP contribution in [0.2, 0.25) is 5.02 Å². The Morgan fingerprint density at radius 2 is 2.00 bits per heavy atom. The lowest BCUT2D eigenvalue weighted by atomic mass is 10.1. The highest BCUT2D eigenvalue weighted by Gasteiger charge is 2.28. The molecular formula is C23H11BrClNO5S. The summed E-state index contributed by atoms with van der Waals surface area (Å²) in [4.78, 5) is 29.6. The van der Waals surface area contributed by atoms with Crippen LogP contribution in [-0.4, -0.2) is 17.8 Å². The quantitative estimate of drug-likeness (QED) is 0.172. The summed E-state index contributed by atoms with van der Waals surface area (Å²) in [6, 6.07) is 15.6. The molecule has 0 amide bonds. The fourth-order valence-corrected chi connectivity index (χ4v) is 5.06. The molecule has 3 heterocycles. The normalized spacial score (nSPS) is 14.6. The average molecular weight is 529 g/mol. The van der Waals surface area contributed by atoms with E-state index in [-0.39, 0.29) is 23.1 Å². The molecule has 0 atom stereocenters. The second-order valence-electron chi connectivity index (χ2n) is 6.63. The number of hydrogen-bond acceptors (Lipinski definition) is 7. The van der Waals surface area contributed by atoms with Crippen molar-refractivity contribution in [2.75, 3.05) is 0 Å². The minimum absolute atomic E-state index is 0.0659. The molecule has 0 aliphatic carbocycles. The molecule has 2 aromatic heterocycles. The minimum Gasteiger partial charge on any atom is -0.457 e. The highest BCUT2D eigenvalue weighted by molar-refractivity contribution is 9.10. The second kappa shape index (κ2) is 8.38. The van der Waals surface area contributed by atoms with Crippen LogP contribution >= 0.6 is 38.9 Å². The topological polar surface area (TPSA) is 78.1 Å². The van der Waals surface area contributed by atoms with E-state index < -0.39 is 11.9 Å². The van der Waals surface area contributed by atoms with E-state index >= 15 is 0 Å². The van der Waals surface area contributed by atoms with E-state index in [9.17, 15) is 9.59 Å². The van der Waals surface area contributed by atoms with Crippen LogP contribution in [-0.2, 0) is 9.53 Å². The molecule has 2 aromatic carbocycles. The molecule has 0 fully saturated rings. The first-order valence-electron chi connectivity index (χ1n) is 9.25. The van der Waals surface area contributed by atoms with E-state index in [0.29, 0.717) is 15.5 Å². The minimum atomic E-state index is -0.651. The van der Waals surface area contributed by atoms with Crippen molar-refractivity contribution in [1.29, 1.82) is 0 Å². The highest BCUT2D eigenvalue weighted by Crippen LogP contribution is 2.38. The molecule has 0 saturated heterocycles. The third-order valence-corrected chi connectivity index (χ3v) is 6.68. The van der Waals surface area contributed by atoms with Gasteiger partial charge in [-0.1, -0.05) is 51.8 Å². The Balaban J connectivity index is 1.49. The summed E-state index contributed by atoms with van der Waals surface area (Å²) in [5.74, 6) is -0.820. The maximum atomic E-state index is 12.5. The smallest absolute Gasteiger partial charge is 0.379 e. The zero-order valence-corrected chi connectivity index (χ0v) is 19.2. The molecule has 0 unspecified atom stereocenters. The SMILES string of the molecule is O=C1OC(c2sc3cc(Br)ccc3c2Cl)=N/C1=C/c1ccccc1OC(=O)c1ccco1. The number of halogens is 2. The van der Waals surface area contributed by atoms with Gasteiger partial charge in [0.1, 0.15) is 10.6 Å². The molecule has 1 aliphatic heterocycles. The number of ether oxygens (including phenoxy) is 2. The van der Waals surface area contributed by atoms with Crippen LogP contribution in [0.4, 0.5) is 0 Å². The number of carbonyl (C=O) groups excluding carboxylic acids is 2. The van der Waals surface area contributed by atoms with Gasteiger partial charge in [-0.2, -0.15) is 0 Å². The lowest BCUT2D eigenvalue weighted by Crippen LogP contribution is -2.08. The molecule has 4 aromatic rings. The van der Waals surface area contributed by atoms with E-state index in [1.807, 2.05) is 18.2 Å². The van der Waals surface area contributed by atoms with E-state index in [1.54, 1.807) is 30.3 Å². The number of furan rings is 1. The maximum Gasteiger partial charge on any atom is 0.379 e. The molecule has 1 aliphatic rings. The molecule has 0 bridgehead atoms. The Morgan fingerprint density at radius 3 is 2.81 bits per heavy atom. The van der Waals surface area contributed by atoms with Gasteiger partial charge in [0.2, 0.25) is 11.7 Å². The number of thiophene rings is 1. The van der Waals surface area contributed by atoms with Crippen LogP contribution in [0.25, 0.3) is 16.2 Å². The largest absolute Gasteiger partial charge is 0.457 e. The molecule has 9 heteroatoms. The van der Waals surface area contributed by atoms with Crippen LogP contribution in [0.15, 0.2) is 80.4 Å². The zero-order valence-electron chi connectivity index (χ0n) is 16.0. The molecule has 158 valence electrons. The molecule has 0 N–H and O–H groups in total. The summed E-state index contributed by atoms with van der Waals surface area (Å²) in [7, 11) is 0. The van der Waals surface area contributed by atoms with Gasteiger partial charge in [0, 0.05) is 20.1 Å². The molecule has 0 saturated carbocycles. The predicted octanol–water partition coefficient (Wildman–Crippen LogP) is 6.47. The number of nitrogens with zero attached hydrogens (tertiary/aromatic N) is 1. The summed E-state index contributed by atoms with van der Waals surface area (Å²) in [5, 5.41) is 1.32. The molecule has 0 spiro atoms. The van der Waals surface area contributed by atoms with Crippen molar-refractivity contribution in [2.24, 2.45) is 4.99 Å². The first-order valence-corrected chi connectivity index (χ1v) is 11.2. The second-order valence-corrected chi connectivity index (χ2v) is 8.97. The van der Waals surface area contributed by atoms with Gasteiger partial charge in [0.15, 0.2) is 5.70 Å². The number of para-hydroxylation sites is 1. The number of fused-ring (bicyclic) bond motifs is 1. The van der Waals surface area contributed by atoms with Crippen molar-refractivity contribution in [2.45, 2.75) is 0 Å². The zero-order chi connectivity index (χ0) is 22.2. The van der Waals surface area contributed by atoms with Gasteiger partial charge in [-0.25, -0.2) is 14.6 Å². The Morgan fingerprint density at radius 1 is 1.16 bits per heavy atom. The third-order valence-electron chi connectivity index (χ3n) is 4.54. The fourth-order valence-electron chi connectivity index (χ4n) is 3.07. The van der Waals surface area contributed by atoms with Crippen molar-refractivity contribution >= 4 is 72.9 Å². The van der Waals surface area contributed by atoms with E-state index in [2.05, 4.69) is 20.9 Å². The van der Waals surface area contributed by atoms with Crippen molar-refractivity contribution < 1.29 is 23.5 Å². The number of hydrogen-bond donors (Lipinski definition) is 0. The molecule has 32 heavy (non-hydrogen) atoms. The van der Waals surface area contributed by atoms with Gasteiger partial charge < -0.3 is 13.9 Å². The van der Waals surface area contributed by atoms with Gasteiger partial charge in [0.25, 0.3) is 0 Å². The van der Waals surface area contributed by atoms with Gasteiger partial charge in [-0.05, 0) is 36.4 Å². The van der Waals surface area contributed by atoms with Crippen molar-refractivity contribution in [3.05, 3.63) is 92.3 Å². The van der Waals surface area contributed by atoms with Crippen LogP contribution < -0.4 is 4.74 Å². The van der Waals surface area contributed by atoms with Crippen LogP contribution in [0.1, 0.15) is 21.0 Å². The number of rotatable bonds is 4. The highest BCUT2D eigenvalue weighted by atomic mass is 79.9. The van der Waals surface area contributed by atoms with Crippen molar-refractivity contribution in [3.63, 3.8) is 0 Å². The van der Waals surface area contributed by atoms with Crippen LogP contribution in [0.3, 0.4) is 0 Å². The van der Waals surface area contributed by atoms with Gasteiger partial charge in [-0.3, -0.25) is 0 Å². The van der Waals surface area contributed by atoms with Crippen LogP contribution in [0.5, 0.6) is 5.75 Å². The maximum absolute atomic E-state index is 12.5. The third kappa shape index (κ3) is 3.88. The lowest BCUT2D eigenvalue weighted by Gasteiger charge is -2.06.